The van der Waals surface area contributed by atoms with Gasteiger partial charge in [0.15, 0.2) is 0 Å². The van der Waals surface area contributed by atoms with Gasteiger partial charge in [-0.25, -0.2) is 0 Å². The van der Waals surface area contributed by atoms with Gasteiger partial charge in [-0.15, -0.1) is 0 Å². The van der Waals surface area contributed by atoms with Crippen LogP contribution in [0.25, 0.3) is 0 Å². The second-order valence-corrected chi connectivity index (χ2v) is 4.70. The SMILES string of the molecule is CC(C)N[C@@H](COC(C)(C)C)C(N)=O. The Morgan fingerprint density at radius 3 is 2.21 bits per heavy atom. The number of nitrogens with two attached hydrogens (primary N) is 1. The molecular formula is C10H22N2O2. The van der Waals surface area contributed by atoms with Gasteiger partial charge in [-0.05, 0) is 20.8 Å². The number of ether oxygens (including phenoxy) is 1. The average molecular weight is 202 g/mol. The second-order valence-electron chi connectivity index (χ2n) is 4.70. The lowest BCUT2D eigenvalue weighted by molar-refractivity contribution is -0.123. The van der Waals surface area contributed by atoms with Crippen molar-refractivity contribution < 1.29 is 9.53 Å². The summed E-state index contributed by atoms with van der Waals surface area (Å²) in [4.78, 5) is 11.0. The molecule has 14 heavy (non-hydrogen) atoms. The smallest absolute Gasteiger partial charge is 0.236 e. The molecule has 0 saturated carbocycles. The van der Waals surface area contributed by atoms with Gasteiger partial charge in [0.1, 0.15) is 6.04 Å². The van der Waals surface area contributed by atoms with Crippen LogP contribution in [0.4, 0.5) is 0 Å². The van der Waals surface area contributed by atoms with E-state index < -0.39 is 6.04 Å². The van der Waals surface area contributed by atoms with E-state index in [1.165, 1.54) is 0 Å². The monoisotopic (exact) mass is 202 g/mol. The lowest BCUT2D eigenvalue weighted by atomic mass is 10.2. The first-order chi connectivity index (χ1) is 6.22. The maximum Gasteiger partial charge on any atom is 0.236 e. The molecule has 1 amide bonds. The van der Waals surface area contributed by atoms with Crippen molar-refractivity contribution in [2.45, 2.75) is 52.3 Å². The van der Waals surface area contributed by atoms with Crippen molar-refractivity contribution in [3.05, 3.63) is 0 Å². The molecule has 0 unspecified atom stereocenters. The Kier molecular flexibility index (Phi) is 5.08. The Morgan fingerprint density at radius 1 is 1.43 bits per heavy atom. The van der Waals surface area contributed by atoms with Crippen LogP contribution in [0.5, 0.6) is 0 Å². The quantitative estimate of drug-likeness (QED) is 0.688. The summed E-state index contributed by atoms with van der Waals surface area (Å²) in [6, 6.07) is -0.190. The van der Waals surface area contributed by atoms with Gasteiger partial charge in [-0.1, -0.05) is 13.8 Å². The number of amides is 1. The minimum atomic E-state index is -0.408. The summed E-state index contributed by atoms with van der Waals surface area (Å²) < 4.78 is 5.49. The molecule has 0 aromatic carbocycles. The summed E-state index contributed by atoms with van der Waals surface area (Å²) >= 11 is 0. The summed E-state index contributed by atoms with van der Waals surface area (Å²) in [5, 5.41) is 3.05. The van der Waals surface area contributed by atoms with Crippen LogP contribution in [0.2, 0.25) is 0 Å². The van der Waals surface area contributed by atoms with Crippen molar-refractivity contribution in [1.29, 1.82) is 0 Å². The van der Waals surface area contributed by atoms with E-state index in [1.807, 2.05) is 34.6 Å². The molecule has 84 valence electrons. The largest absolute Gasteiger partial charge is 0.374 e. The Labute approximate surface area is 86.2 Å². The number of hydrogen-bond donors (Lipinski definition) is 2. The van der Waals surface area contributed by atoms with Gasteiger partial charge in [0.2, 0.25) is 5.91 Å². The zero-order chi connectivity index (χ0) is 11.4. The minimum absolute atomic E-state index is 0.219. The van der Waals surface area contributed by atoms with Crippen molar-refractivity contribution in [3.8, 4) is 0 Å². The molecule has 0 rings (SSSR count). The van der Waals surface area contributed by atoms with E-state index in [9.17, 15) is 4.79 Å². The van der Waals surface area contributed by atoms with Gasteiger partial charge in [0.25, 0.3) is 0 Å². The molecule has 0 heterocycles. The first kappa shape index (κ1) is 13.4. The van der Waals surface area contributed by atoms with Crippen LogP contribution >= 0.6 is 0 Å². The van der Waals surface area contributed by atoms with Crippen molar-refractivity contribution in [2.24, 2.45) is 5.73 Å². The molecule has 0 fully saturated rings. The lowest BCUT2D eigenvalue weighted by Crippen LogP contribution is -2.48. The van der Waals surface area contributed by atoms with E-state index in [0.29, 0.717) is 6.61 Å². The van der Waals surface area contributed by atoms with Gasteiger partial charge < -0.3 is 15.8 Å². The Hall–Kier alpha value is -0.610. The van der Waals surface area contributed by atoms with Crippen LogP contribution in [-0.2, 0) is 9.53 Å². The fourth-order valence-corrected chi connectivity index (χ4v) is 0.948. The van der Waals surface area contributed by atoms with E-state index >= 15 is 0 Å². The van der Waals surface area contributed by atoms with Crippen LogP contribution in [0.3, 0.4) is 0 Å². The van der Waals surface area contributed by atoms with Gasteiger partial charge in [0.05, 0.1) is 12.2 Å². The molecule has 0 saturated heterocycles. The number of nitrogens with one attached hydrogen (secondary N) is 1. The second kappa shape index (κ2) is 5.32. The lowest BCUT2D eigenvalue weighted by Gasteiger charge is -2.24. The highest BCUT2D eigenvalue weighted by molar-refractivity contribution is 5.80. The molecular weight excluding hydrogens is 180 g/mol. The maximum absolute atomic E-state index is 11.0. The molecule has 4 heteroatoms. The molecule has 0 aromatic rings. The maximum atomic E-state index is 11.0. The van der Waals surface area contributed by atoms with Crippen molar-refractivity contribution in [3.63, 3.8) is 0 Å². The van der Waals surface area contributed by atoms with Gasteiger partial charge in [0, 0.05) is 6.04 Å². The molecule has 1 atom stereocenters. The summed E-state index contributed by atoms with van der Waals surface area (Å²) in [5.41, 5.74) is 4.99. The van der Waals surface area contributed by atoms with E-state index in [1.54, 1.807) is 0 Å². The van der Waals surface area contributed by atoms with Crippen molar-refractivity contribution >= 4 is 5.91 Å². The number of carbonyl (C=O) groups is 1. The molecule has 3 N–H and O–H groups in total. The standard InChI is InChI=1S/C10H22N2O2/c1-7(2)12-8(9(11)13)6-14-10(3,4)5/h7-8,12H,6H2,1-5H3,(H2,11,13)/t8-/m0/s1. The van der Waals surface area contributed by atoms with Crippen molar-refractivity contribution in [1.82, 2.24) is 5.32 Å². The minimum Gasteiger partial charge on any atom is -0.374 e. The number of hydrogen-bond acceptors (Lipinski definition) is 3. The molecule has 0 spiro atoms. The Bertz CT molecular complexity index is 185. The highest BCUT2D eigenvalue weighted by atomic mass is 16.5. The zero-order valence-corrected chi connectivity index (χ0v) is 9.76. The van der Waals surface area contributed by atoms with Crippen LogP contribution in [0.15, 0.2) is 0 Å². The molecule has 0 aliphatic rings. The predicted molar refractivity (Wildman–Crippen MR) is 57.0 cm³/mol. The highest BCUT2D eigenvalue weighted by Crippen LogP contribution is 2.07. The molecule has 0 aliphatic heterocycles. The normalized spacial score (nSPS) is 14.4. The third-order valence-electron chi connectivity index (χ3n) is 1.56. The molecule has 0 radical (unpaired) electrons. The van der Waals surface area contributed by atoms with E-state index in [4.69, 9.17) is 10.5 Å². The first-order valence-electron chi connectivity index (χ1n) is 4.91. The van der Waals surface area contributed by atoms with Gasteiger partial charge in [-0.3, -0.25) is 4.79 Å². The number of primary amides is 1. The van der Waals surface area contributed by atoms with E-state index in [2.05, 4.69) is 5.32 Å². The van der Waals surface area contributed by atoms with Crippen molar-refractivity contribution in [2.75, 3.05) is 6.61 Å². The Morgan fingerprint density at radius 2 is 1.93 bits per heavy atom. The van der Waals surface area contributed by atoms with Gasteiger partial charge in [-0.2, -0.15) is 0 Å². The van der Waals surface area contributed by atoms with Crippen LogP contribution in [-0.4, -0.2) is 30.2 Å². The average Bonchev–Trinajstić information content (AvgIpc) is 1.94. The third kappa shape index (κ3) is 6.86. The number of carbonyl (C=O) groups excluding carboxylic acids is 1. The van der Waals surface area contributed by atoms with Crippen LogP contribution in [0, 0.1) is 0 Å². The Balaban J connectivity index is 4.05. The van der Waals surface area contributed by atoms with E-state index in [0.717, 1.165) is 0 Å². The van der Waals surface area contributed by atoms with Crippen LogP contribution < -0.4 is 11.1 Å². The predicted octanol–water partition coefficient (Wildman–Crippen LogP) is 0.653. The van der Waals surface area contributed by atoms with E-state index in [-0.39, 0.29) is 17.6 Å². The summed E-state index contributed by atoms with van der Waals surface area (Å²) in [6.45, 7) is 10.1. The third-order valence-corrected chi connectivity index (χ3v) is 1.56. The first-order valence-corrected chi connectivity index (χ1v) is 4.91. The zero-order valence-electron chi connectivity index (χ0n) is 9.76. The molecule has 0 aromatic heterocycles. The molecule has 0 aliphatic carbocycles. The summed E-state index contributed by atoms with van der Waals surface area (Å²) in [5.74, 6) is -0.372. The summed E-state index contributed by atoms with van der Waals surface area (Å²) in [7, 11) is 0. The fourth-order valence-electron chi connectivity index (χ4n) is 0.948. The highest BCUT2D eigenvalue weighted by Gasteiger charge is 2.19. The van der Waals surface area contributed by atoms with Gasteiger partial charge >= 0.3 is 0 Å². The fraction of sp³-hybridized carbons (Fsp3) is 0.900. The molecule has 0 bridgehead atoms. The summed E-state index contributed by atoms with van der Waals surface area (Å²) in [6.07, 6.45) is 0. The topological polar surface area (TPSA) is 64.3 Å². The van der Waals surface area contributed by atoms with Crippen LogP contribution in [0.1, 0.15) is 34.6 Å². The molecule has 4 nitrogen and oxygen atoms in total. The number of rotatable bonds is 5.